The number of ketones is 1. The van der Waals surface area contributed by atoms with Crippen LogP contribution in [0.25, 0.3) is 0 Å². The van der Waals surface area contributed by atoms with Crippen molar-refractivity contribution in [2.24, 2.45) is 5.92 Å². The molecule has 1 nitrogen and oxygen atoms in total. The molecule has 1 saturated carbocycles. The molecule has 0 N–H and O–H groups in total. The third kappa shape index (κ3) is 1.94. The molecule has 1 rings (SSSR count). The summed E-state index contributed by atoms with van der Waals surface area (Å²) in [7, 11) is 0. The lowest BCUT2D eigenvalue weighted by atomic mass is 9.88. The van der Waals surface area contributed by atoms with Gasteiger partial charge in [-0.2, -0.15) is 13.2 Å². The summed E-state index contributed by atoms with van der Waals surface area (Å²) in [6, 6.07) is 0. The summed E-state index contributed by atoms with van der Waals surface area (Å²) < 4.78 is 35.9. The topological polar surface area (TPSA) is 17.1 Å². The van der Waals surface area contributed by atoms with Gasteiger partial charge in [-0.1, -0.05) is 6.42 Å². The minimum Gasteiger partial charge on any atom is -0.299 e. The number of hydrogen-bond acceptors (Lipinski definition) is 1. The lowest BCUT2D eigenvalue weighted by molar-refractivity contribution is -0.185. The van der Waals surface area contributed by atoms with Gasteiger partial charge >= 0.3 is 6.18 Å². The smallest absolute Gasteiger partial charge is 0.299 e. The van der Waals surface area contributed by atoms with E-state index in [1.807, 2.05) is 0 Å². The molecule has 0 radical (unpaired) electrons. The molecule has 0 heterocycles. The molecule has 1 fully saturated rings. The van der Waals surface area contributed by atoms with Crippen LogP contribution in [0.5, 0.6) is 0 Å². The zero-order valence-corrected chi connectivity index (χ0v) is 5.95. The van der Waals surface area contributed by atoms with E-state index in [9.17, 15) is 18.0 Å². The van der Waals surface area contributed by atoms with E-state index >= 15 is 0 Å². The van der Waals surface area contributed by atoms with E-state index < -0.39 is 17.9 Å². The molecule has 64 valence electrons. The van der Waals surface area contributed by atoms with Crippen LogP contribution in [0.15, 0.2) is 0 Å². The Hall–Kier alpha value is -0.540. The fourth-order valence-electron chi connectivity index (χ4n) is 1.33. The Morgan fingerprint density at radius 3 is 2.27 bits per heavy atom. The lowest BCUT2D eigenvalue weighted by Gasteiger charge is -2.22. The van der Waals surface area contributed by atoms with E-state index in [0.29, 0.717) is 12.8 Å². The Morgan fingerprint density at radius 1 is 1.27 bits per heavy atom. The van der Waals surface area contributed by atoms with Gasteiger partial charge in [-0.3, -0.25) is 4.79 Å². The van der Waals surface area contributed by atoms with Gasteiger partial charge < -0.3 is 0 Å². The summed E-state index contributed by atoms with van der Waals surface area (Å²) in [6.45, 7) is 0. The SMILES string of the molecule is O=C1CCCC[C@H]1C(F)(F)F. The molecule has 0 saturated heterocycles. The molecule has 1 atom stereocenters. The second kappa shape index (κ2) is 2.83. The average molecular weight is 166 g/mol. The first kappa shape index (κ1) is 8.56. The van der Waals surface area contributed by atoms with Crippen molar-refractivity contribution >= 4 is 5.78 Å². The van der Waals surface area contributed by atoms with Crippen molar-refractivity contribution in [3.05, 3.63) is 0 Å². The van der Waals surface area contributed by atoms with Gasteiger partial charge in [-0.25, -0.2) is 0 Å². The summed E-state index contributed by atoms with van der Waals surface area (Å²) in [4.78, 5) is 10.7. The van der Waals surface area contributed by atoms with Crippen LogP contribution in [-0.2, 0) is 4.79 Å². The molecule has 0 amide bonds. The van der Waals surface area contributed by atoms with Crippen molar-refractivity contribution in [3.63, 3.8) is 0 Å². The fraction of sp³-hybridized carbons (Fsp3) is 0.857. The Balaban J connectivity index is 2.62. The molecular formula is C7H9F3O. The van der Waals surface area contributed by atoms with Crippen LogP contribution in [0, 0.1) is 5.92 Å². The Morgan fingerprint density at radius 2 is 1.91 bits per heavy atom. The van der Waals surface area contributed by atoms with Crippen LogP contribution in [0.2, 0.25) is 0 Å². The lowest BCUT2D eigenvalue weighted by Crippen LogP contribution is -2.32. The first-order valence-corrected chi connectivity index (χ1v) is 3.61. The number of halogens is 3. The van der Waals surface area contributed by atoms with Crippen LogP contribution in [0.4, 0.5) is 13.2 Å². The van der Waals surface area contributed by atoms with Crippen LogP contribution < -0.4 is 0 Å². The van der Waals surface area contributed by atoms with Gasteiger partial charge in [0.25, 0.3) is 0 Å². The molecule has 0 aromatic carbocycles. The van der Waals surface area contributed by atoms with Crippen molar-refractivity contribution in [3.8, 4) is 0 Å². The third-order valence-corrected chi connectivity index (χ3v) is 1.95. The molecule has 0 unspecified atom stereocenters. The highest BCUT2D eigenvalue weighted by Crippen LogP contribution is 2.34. The second-order valence-electron chi connectivity index (χ2n) is 2.81. The van der Waals surface area contributed by atoms with Gasteiger partial charge in [-0.05, 0) is 12.8 Å². The van der Waals surface area contributed by atoms with Crippen LogP contribution in [0.1, 0.15) is 25.7 Å². The molecule has 1 aliphatic carbocycles. The highest BCUT2D eigenvalue weighted by molar-refractivity contribution is 5.82. The summed E-state index contributed by atoms with van der Waals surface area (Å²) >= 11 is 0. The van der Waals surface area contributed by atoms with Gasteiger partial charge in [-0.15, -0.1) is 0 Å². The molecule has 1 aliphatic rings. The maximum absolute atomic E-state index is 12.0. The maximum Gasteiger partial charge on any atom is 0.398 e. The van der Waals surface area contributed by atoms with Gasteiger partial charge in [0.05, 0.1) is 0 Å². The Kier molecular flexibility index (Phi) is 2.20. The van der Waals surface area contributed by atoms with E-state index in [4.69, 9.17) is 0 Å². The van der Waals surface area contributed by atoms with Crippen molar-refractivity contribution < 1.29 is 18.0 Å². The summed E-state index contributed by atoms with van der Waals surface area (Å²) in [5, 5.41) is 0. The minimum atomic E-state index is -4.31. The van der Waals surface area contributed by atoms with E-state index in [-0.39, 0.29) is 12.8 Å². The van der Waals surface area contributed by atoms with Gasteiger partial charge in [0.2, 0.25) is 0 Å². The predicted octanol–water partition coefficient (Wildman–Crippen LogP) is 2.31. The van der Waals surface area contributed by atoms with E-state index in [0.717, 1.165) is 0 Å². The van der Waals surface area contributed by atoms with Gasteiger partial charge in [0.15, 0.2) is 0 Å². The summed E-state index contributed by atoms with van der Waals surface area (Å²) in [5.74, 6) is -2.31. The molecular weight excluding hydrogens is 157 g/mol. The minimum absolute atomic E-state index is 0.0116. The molecule has 0 aromatic rings. The normalized spacial score (nSPS) is 27.2. The highest BCUT2D eigenvalue weighted by Gasteiger charge is 2.44. The van der Waals surface area contributed by atoms with E-state index in [1.165, 1.54) is 0 Å². The molecule has 4 heteroatoms. The van der Waals surface area contributed by atoms with Crippen LogP contribution in [-0.4, -0.2) is 12.0 Å². The third-order valence-electron chi connectivity index (χ3n) is 1.95. The monoisotopic (exact) mass is 166 g/mol. The number of alkyl halides is 3. The molecule has 11 heavy (non-hydrogen) atoms. The van der Waals surface area contributed by atoms with Crippen molar-refractivity contribution in [2.75, 3.05) is 0 Å². The van der Waals surface area contributed by atoms with Gasteiger partial charge in [0, 0.05) is 6.42 Å². The molecule has 0 aromatic heterocycles. The first-order valence-electron chi connectivity index (χ1n) is 3.61. The molecule has 0 aliphatic heterocycles. The number of carbonyl (C=O) groups excluding carboxylic acids is 1. The summed E-state index contributed by atoms with van der Waals surface area (Å²) in [6.07, 6.45) is -3.08. The van der Waals surface area contributed by atoms with Crippen molar-refractivity contribution in [1.29, 1.82) is 0 Å². The fourth-order valence-corrected chi connectivity index (χ4v) is 1.33. The quantitative estimate of drug-likeness (QED) is 0.539. The van der Waals surface area contributed by atoms with Crippen molar-refractivity contribution in [1.82, 2.24) is 0 Å². The van der Waals surface area contributed by atoms with Crippen LogP contribution in [0.3, 0.4) is 0 Å². The number of carbonyl (C=O) groups is 1. The standard InChI is InChI=1S/C7H9F3O/c8-7(9,10)5-3-1-2-4-6(5)11/h5H,1-4H2/t5-/m1/s1. The Bertz CT molecular complexity index is 162. The zero-order valence-electron chi connectivity index (χ0n) is 5.95. The first-order chi connectivity index (χ1) is 5.02. The van der Waals surface area contributed by atoms with Crippen molar-refractivity contribution in [2.45, 2.75) is 31.9 Å². The maximum atomic E-state index is 12.0. The van der Waals surface area contributed by atoms with E-state index in [1.54, 1.807) is 0 Å². The molecule has 0 spiro atoms. The molecule has 0 bridgehead atoms. The zero-order chi connectivity index (χ0) is 8.48. The number of hydrogen-bond donors (Lipinski definition) is 0. The number of Topliss-reactive ketones (excluding diaryl/α,β-unsaturated/α-hetero) is 1. The Labute approximate surface area is 62.6 Å². The summed E-state index contributed by atoms with van der Waals surface area (Å²) in [5.41, 5.74) is 0. The van der Waals surface area contributed by atoms with Gasteiger partial charge in [0.1, 0.15) is 11.7 Å². The second-order valence-corrected chi connectivity index (χ2v) is 2.81. The predicted molar refractivity (Wildman–Crippen MR) is 33.0 cm³/mol. The average Bonchev–Trinajstić information content (AvgIpc) is 1.86. The highest BCUT2D eigenvalue weighted by atomic mass is 19.4. The van der Waals surface area contributed by atoms with Crippen LogP contribution >= 0.6 is 0 Å². The number of rotatable bonds is 0. The largest absolute Gasteiger partial charge is 0.398 e. The van der Waals surface area contributed by atoms with E-state index in [2.05, 4.69) is 0 Å².